The van der Waals surface area contributed by atoms with E-state index in [0.717, 1.165) is 17.5 Å². The lowest BCUT2D eigenvalue weighted by atomic mass is 9.96. The summed E-state index contributed by atoms with van der Waals surface area (Å²) in [5, 5.41) is 6.19. The van der Waals surface area contributed by atoms with Crippen LogP contribution in [0.25, 0.3) is 0 Å². The van der Waals surface area contributed by atoms with E-state index >= 15 is 0 Å². The average Bonchev–Trinajstić information content (AvgIpc) is 2.77. The van der Waals surface area contributed by atoms with E-state index in [-0.39, 0.29) is 18.0 Å². The molecule has 0 saturated carbocycles. The zero-order chi connectivity index (χ0) is 21.5. The number of para-hydroxylation sites is 1. The Kier molecular flexibility index (Phi) is 7.73. The van der Waals surface area contributed by atoms with Crippen molar-refractivity contribution in [1.29, 1.82) is 0 Å². The Morgan fingerprint density at radius 2 is 1.93 bits per heavy atom. The molecule has 1 aliphatic heterocycles. The topological polar surface area (TPSA) is 119 Å². The molecule has 30 heavy (non-hydrogen) atoms. The lowest BCUT2D eigenvalue weighted by molar-refractivity contribution is -0.119. The predicted molar refractivity (Wildman–Crippen MR) is 120 cm³/mol. The summed E-state index contributed by atoms with van der Waals surface area (Å²) in [4.78, 5) is 24.9. The number of carbonyl (C=O) groups excluding carboxylic acids is 2. The van der Waals surface area contributed by atoms with Crippen LogP contribution in [-0.2, 0) is 11.2 Å². The molecular weight excluding hydrogens is 400 g/mol. The molecule has 2 aromatic rings. The smallest absolute Gasteiger partial charge is 0.255 e. The third-order valence-corrected chi connectivity index (χ3v) is 5.58. The first kappa shape index (κ1) is 22.1. The fourth-order valence-corrected chi connectivity index (χ4v) is 3.61. The third-order valence-electron chi connectivity index (χ3n) is 5.11. The summed E-state index contributed by atoms with van der Waals surface area (Å²) < 4.78 is 5.84. The summed E-state index contributed by atoms with van der Waals surface area (Å²) in [7, 11) is 0. The minimum atomic E-state index is -0.818. The number of nitrogens with one attached hydrogen (secondary N) is 2. The van der Waals surface area contributed by atoms with Crippen molar-refractivity contribution in [1.82, 2.24) is 10.6 Å². The van der Waals surface area contributed by atoms with E-state index in [0.29, 0.717) is 36.6 Å². The molecule has 2 aromatic carbocycles. The number of fused-ring (bicyclic) bond motifs is 1. The standard InChI is InChI=1S/C22H28N4O3S/c23-15(13-30)12-25-18-9-10-29-20-16(18)7-4-8-17(20)22(28)26-19(21(24)27)11-14-5-2-1-3-6-14/h1-8,15,18-19,25,30H,9-13,23H2,(H2,24,27)(H,26,28)/t15-,18?,19+/m1/s1. The van der Waals surface area contributed by atoms with E-state index in [4.69, 9.17) is 16.2 Å². The highest BCUT2D eigenvalue weighted by Crippen LogP contribution is 2.35. The Morgan fingerprint density at radius 1 is 1.17 bits per heavy atom. The molecule has 8 heteroatoms. The highest BCUT2D eigenvalue weighted by Gasteiger charge is 2.28. The Hall–Kier alpha value is -2.55. The molecule has 0 aliphatic carbocycles. The van der Waals surface area contributed by atoms with Gasteiger partial charge in [-0.1, -0.05) is 42.5 Å². The number of hydrogen-bond donors (Lipinski definition) is 5. The average molecular weight is 429 g/mol. The van der Waals surface area contributed by atoms with Crippen molar-refractivity contribution in [2.75, 3.05) is 18.9 Å². The lowest BCUT2D eigenvalue weighted by Crippen LogP contribution is -2.46. The number of thiol groups is 1. The number of rotatable bonds is 9. The zero-order valence-corrected chi connectivity index (χ0v) is 17.6. The van der Waals surface area contributed by atoms with Crippen LogP contribution in [0.1, 0.15) is 33.9 Å². The van der Waals surface area contributed by atoms with E-state index in [1.165, 1.54) is 0 Å². The molecule has 160 valence electrons. The molecule has 1 unspecified atom stereocenters. The number of hydrogen-bond acceptors (Lipinski definition) is 6. The van der Waals surface area contributed by atoms with Crippen LogP contribution in [0.15, 0.2) is 48.5 Å². The van der Waals surface area contributed by atoms with Crippen molar-refractivity contribution in [2.45, 2.75) is 31.0 Å². The van der Waals surface area contributed by atoms with Crippen LogP contribution in [0, 0.1) is 0 Å². The molecule has 6 N–H and O–H groups in total. The van der Waals surface area contributed by atoms with E-state index in [2.05, 4.69) is 23.3 Å². The maximum atomic E-state index is 13.0. The van der Waals surface area contributed by atoms with Crippen molar-refractivity contribution in [3.8, 4) is 5.75 Å². The molecule has 0 saturated heterocycles. The molecule has 1 heterocycles. The van der Waals surface area contributed by atoms with Crippen molar-refractivity contribution in [3.05, 3.63) is 65.2 Å². The van der Waals surface area contributed by atoms with Gasteiger partial charge in [0.05, 0.1) is 12.2 Å². The number of benzene rings is 2. The van der Waals surface area contributed by atoms with Gasteiger partial charge < -0.3 is 26.8 Å². The van der Waals surface area contributed by atoms with Gasteiger partial charge in [-0.25, -0.2) is 0 Å². The largest absolute Gasteiger partial charge is 0.492 e. The van der Waals surface area contributed by atoms with Gasteiger partial charge in [-0.05, 0) is 11.6 Å². The predicted octanol–water partition coefficient (Wildman–Crippen LogP) is 1.18. The first-order chi connectivity index (χ1) is 14.5. The van der Waals surface area contributed by atoms with Crippen molar-refractivity contribution in [3.63, 3.8) is 0 Å². The van der Waals surface area contributed by atoms with Gasteiger partial charge >= 0.3 is 0 Å². The van der Waals surface area contributed by atoms with Crippen LogP contribution in [0.3, 0.4) is 0 Å². The Morgan fingerprint density at radius 3 is 2.63 bits per heavy atom. The van der Waals surface area contributed by atoms with E-state index in [1.807, 2.05) is 42.5 Å². The quantitative estimate of drug-likeness (QED) is 0.384. The summed E-state index contributed by atoms with van der Waals surface area (Å²) in [5.74, 6) is 0.139. The van der Waals surface area contributed by atoms with Crippen LogP contribution in [0.2, 0.25) is 0 Å². The number of primary amides is 1. The first-order valence-electron chi connectivity index (χ1n) is 9.99. The fourth-order valence-electron chi connectivity index (χ4n) is 3.48. The highest BCUT2D eigenvalue weighted by molar-refractivity contribution is 7.80. The summed E-state index contributed by atoms with van der Waals surface area (Å²) in [5.41, 5.74) is 13.7. The van der Waals surface area contributed by atoms with Crippen molar-refractivity contribution >= 4 is 24.4 Å². The van der Waals surface area contributed by atoms with E-state index in [9.17, 15) is 9.59 Å². The molecule has 3 atom stereocenters. The second-order valence-corrected chi connectivity index (χ2v) is 7.75. The maximum absolute atomic E-state index is 13.0. The lowest BCUT2D eigenvalue weighted by Gasteiger charge is -2.29. The zero-order valence-electron chi connectivity index (χ0n) is 16.7. The van der Waals surface area contributed by atoms with Gasteiger partial charge in [0.25, 0.3) is 5.91 Å². The van der Waals surface area contributed by atoms with E-state index < -0.39 is 11.9 Å². The molecule has 0 bridgehead atoms. The Bertz CT molecular complexity index is 878. The van der Waals surface area contributed by atoms with Gasteiger partial charge in [0, 0.05) is 42.8 Å². The van der Waals surface area contributed by atoms with E-state index in [1.54, 1.807) is 6.07 Å². The number of carbonyl (C=O) groups is 2. The summed E-state index contributed by atoms with van der Waals surface area (Å²) >= 11 is 4.22. The van der Waals surface area contributed by atoms with Gasteiger partial charge in [0.1, 0.15) is 11.8 Å². The third kappa shape index (κ3) is 5.53. The molecule has 1 aliphatic rings. The molecule has 7 nitrogen and oxygen atoms in total. The monoisotopic (exact) mass is 428 g/mol. The van der Waals surface area contributed by atoms with Gasteiger partial charge in [0.2, 0.25) is 5.91 Å². The minimum Gasteiger partial charge on any atom is -0.492 e. The van der Waals surface area contributed by atoms with Crippen molar-refractivity contribution < 1.29 is 14.3 Å². The summed E-state index contributed by atoms with van der Waals surface area (Å²) in [6, 6.07) is 14.0. The van der Waals surface area contributed by atoms with Crippen LogP contribution in [-0.4, -0.2) is 42.8 Å². The molecule has 2 amide bonds. The fraction of sp³-hybridized carbons (Fsp3) is 0.364. The minimum absolute atomic E-state index is 0.0312. The number of amides is 2. The van der Waals surface area contributed by atoms with Crippen LogP contribution >= 0.6 is 12.6 Å². The first-order valence-corrected chi connectivity index (χ1v) is 10.6. The highest BCUT2D eigenvalue weighted by atomic mass is 32.1. The second-order valence-electron chi connectivity index (χ2n) is 7.38. The van der Waals surface area contributed by atoms with Crippen molar-refractivity contribution in [2.24, 2.45) is 11.5 Å². The SMILES string of the molecule is NC(=O)[C@H](Cc1ccccc1)NC(=O)c1cccc2c1OCCC2NC[C@@H](N)CS. The molecule has 3 rings (SSSR count). The van der Waals surface area contributed by atoms with Crippen LogP contribution in [0.5, 0.6) is 5.75 Å². The van der Waals surface area contributed by atoms with Crippen LogP contribution in [0.4, 0.5) is 0 Å². The number of ether oxygens (including phenoxy) is 1. The molecule has 0 fully saturated rings. The Balaban J connectivity index is 1.76. The summed E-state index contributed by atoms with van der Waals surface area (Å²) in [6.07, 6.45) is 1.10. The molecular formula is C22H28N4O3S. The molecule has 0 radical (unpaired) electrons. The second kappa shape index (κ2) is 10.5. The van der Waals surface area contributed by atoms with Gasteiger partial charge in [0.15, 0.2) is 0 Å². The van der Waals surface area contributed by atoms with Gasteiger partial charge in [-0.15, -0.1) is 0 Å². The number of nitrogens with two attached hydrogens (primary N) is 2. The van der Waals surface area contributed by atoms with Crippen LogP contribution < -0.4 is 26.8 Å². The van der Waals surface area contributed by atoms with Gasteiger partial charge in [-0.2, -0.15) is 12.6 Å². The normalized spacial score (nSPS) is 17.3. The summed E-state index contributed by atoms with van der Waals surface area (Å²) in [6.45, 7) is 1.10. The molecule has 0 spiro atoms. The Labute approximate surface area is 182 Å². The maximum Gasteiger partial charge on any atom is 0.255 e. The molecule has 0 aromatic heterocycles. The van der Waals surface area contributed by atoms with Gasteiger partial charge in [-0.3, -0.25) is 9.59 Å².